The third-order valence-corrected chi connectivity index (χ3v) is 15.2. The summed E-state index contributed by atoms with van der Waals surface area (Å²) in [5.74, 6) is -10.9. The van der Waals surface area contributed by atoms with Crippen LogP contribution in [0.15, 0.2) is 40.3 Å². The van der Waals surface area contributed by atoms with Crippen LogP contribution in [-0.4, -0.2) is 184 Å². The Bertz CT molecular complexity index is 2560. The standard InChI is InChI=1S/C60H102N16O13/c1-10-12-13-14-18-25-47(78)68-37(8)51(82)71-42(30-38-21-16-15-17-22-38)54(85)69-40(23-19-26-66-59(62)63)52(83)73-44(28-34(3)4)57(88)76-33-39(77)31-46(76)58(89)75(9)45(29-35(5)6)56(87)72-43(32-48(79)80)55(86)70-41(24-20-27-67-60(64)65)53(84)74-49(50(61)81)36(7)11-2/h15-17,21-22,34-37,39-46,49,77H,10-14,18-20,23-33H2,1-9H3,(H2,61,81)(H,68,78)(H,69,85)(H,70,86)(H,71,82)(H,72,87)(H,73,83)(H,74,84)(H,79,80)(H4,62,63,66)(H4,64,65,67)/t36-,37+,39+,40+,41-,42-,43-,44-,45-,46-,49-/m0/s1. The number of carbonyl (C=O) groups excluding carboxylic acids is 10. The van der Waals surface area contributed by atoms with Gasteiger partial charge in [0, 0.05) is 45.9 Å². The van der Waals surface area contributed by atoms with Gasteiger partial charge in [-0.3, -0.25) is 62.7 Å². The van der Waals surface area contributed by atoms with Gasteiger partial charge in [0.2, 0.25) is 59.1 Å². The molecule has 0 bridgehead atoms. The van der Waals surface area contributed by atoms with Gasteiger partial charge in [0.05, 0.1) is 12.5 Å². The number of aliphatic hydroxyl groups is 1. The minimum atomic E-state index is -1.83. The van der Waals surface area contributed by atoms with Crippen LogP contribution in [0.1, 0.15) is 157 Å². The lowest BCUT2D eigenvalue weighted by molar-refractivity contribution is -0.149. The predicted octanol–water partition coefficient (Wildman–Crippen LogP) is -1.00. The number of amides is 10. The van der Waals surface area contributed by atoms with E-state index in [-0.39, 0.29) is 107 Å². The fourth-order valence-electron chi connectivity index (χ4n) is 10.1. The summed E-state index contributed by atoms with van der Waals surface area (Å²) in [6, 6.07) is -3.42. The molecular weight excluding hydrogens is 1150 g/mol. The highest BCUT2D eigenvalue weighted by molar-refractivity contribution is 5.99. The number of likely N-dealkylation sites (N-methyl/N-ethyl adjacent to an activating group) is 1. The summed E-state index contributed by atoms with van der Waals surface area (Å²) in [6.07, 6.45) is 2.78. The minimum absolute atomic E-state index is 0.00536. The number of aliphatic imine (C=N–C) groups is 2. The molecule has 0 spiro atoms. The number of rotatable bonds is 41. The summed E-state index contributed by atoms with van der Waals surface area (Å²) < 4.78 is 0. The first kappa shape index (κ1) is 77.0. The number of aliphatic hydroxyl groups excluding tert-OH is 1. The van der Waals surface area contributed by atoms with Crippen molar-refractivity contribution in [3.63, 3.8) is 0 Å². The molecule has 19 N–H and O–H groups in total. The van der Waals surface area contributed by atoms with Gasteiger partial charge in [0.15, 0.2) is 11.9 Å². The molecule has 0 radical (unpaired) electrons. The highest BCUT2D eigenvalue weighted by Gasteiger charge is 2.45. The third kappa shape index (κ3) is 28.3. The number of likely N-dealkylation sites (tertiary alicyclic amines) is 1. The number of nitrogens with one attached hydrogen (secondary N) is 7. The number of benzene rings is 1. The number of hydrogen-bond acceptors (Lipinski definition) is 14. The Hall–Kier alpha value is -8.11. The maximum Gasteiger partial charge on any atom is 0.305 e. The van der Waals surface area contributed by atoms with Crippen LogP contribution in [0.25, 0.3) is 0 Å². The lowest BCUT2D eigenvalue weighted by Crippen LogP contribution is -2.61. The minimum Gasteiger partial charge on any atom is -0.481 e. The summed E-state index contributed by atoms with van der Waals surface area (Å²) >= 11 is 0. The number of primary amides is 1. The van der Waals surface area contributed by atoms with Crippen molar-refractivity contribution in [3.05, 3.63) is 35.9 Å². The first-order valence-electron chi connectivity index (χ1n) is 30.9. The largest absolute Gasteiger partial charge is 0.481 e. The average molecular weight is 1260 g/mol. The number of nitrogens with zero attached hydrogens (tertiary/aromatic N) is 4. The molecule has 10 amide bonds. The van der Waals surface area contributed by atoms with Crippen LogP contribution in [-0.2, 0) is 59.2 Å². The van der Waals surface area contributed by atoms with Crippen LogP contribution in [0.2, 0.25) is 0 Å². The zero-order chi connectivity index (χ0) is 67.1. The number of unbranched alkanes of at least 4 members (excludes halogenated alkanes) is 4. The number of carboxylic acids is 1. The normalized spacial score (nSPS) is 16.7. The number of guanidine groups is 2. The fourth-order valence-corrected chi connectivity index (χ4v) is 10.1. The monoisotopic (exact) mass is 1250 g/mol. The van der Waals surface area contributed by atoms with Crippen molar-refractivity contribution in [2.45, 2.75) is 219 Å². The molecule has 0 aliphatic carbocycles. The second kappa shape index (κ2) is 39.7. The maximum atomic E-state index is 14.9. The molecule has 1 aromatic rings. The van der Waals surface area contributed by atoms with E-state index < -0.39 is 132 Å². The van der Waals surface area contributed by atoms with E-state index in [9.17, 15) is 63.0 Å². The van der Waals surface area contributed by atoms with Crippen molar-refractivity contribution in [2.75, 3.05) is 26.7 Å². The molecular formula is C60H102N16O13. The van der Waals surface area contributed by atoms with Crippen LogP contribution in [0.3, 0.4) is 0 Å². The molecule has 0 saturated carbocycles. The summed E-state index contributed by atoms with van der Waals surface area (Å²) in [5, 5.41) is 39.6. The van der Waals surface area contributed by atoms with E-state index in [0.717, 1.165) is 35.5 Å². The quantitative estimate of drug-likeness (QED) is 0.0212. The molecule has 1 fully saturated rings. The summed E-state index contributed by atoms with van der Waals surface area (Å²) in [4.78, 5) is 162. The summed E-state index contributed by atoms with van der Waals surface area (Å²) in [7, 11) is 1.28. The molecule has 1 saturated heterocycles. The van der Waals surface area contributed by atoms with Gasteiger partial charge in [0.25, 0.3) is 0 Å². The molecule has 1 aliphatic rings. The van der Waals surface area contributed by atoms with Crippen LogP contribution < -0.4 is 65.9 Å². The molecule has 29 heteroatoms. The average Bonchev–Trinajstić information content (AvgIpc) is 2.34. The lowest BCUT2D eigenvalue weighted by Gasteiger charge is -2.35. The number of carbonyl (C=O) groups is 11. The van der Waals surface area contributed by atoms with Crippen LogP contribution in [0.4, 0.5) is 0 Å². The van der Waals surface area contributed by atoms with Crippen molar-refractivity contribution in [2.24, 2.45) is 56.4 Å². The third-order valence-electron chi connectivity index (χ3n) is 15.2. The molecule has 0 aromatic heterocycles. The second-order valence-electron chi connectivity index (χ2n) is 23.8. The first-order valence-corrected chi connectivity index (χ1v) is 30.9. The number of aliphatic carboxylic acids is 1. The van der Waals surface area contributed by atoms with Crippen molar-refractivity contribution < 1.29 is 63.0 Å². The molecule has 0 unspecified atom stereocenters. The van der Waals surface area contributed by atoms with E-state index in [1.807, 2.05) is 0 Å². The van der Waals surface area contributed by atoms with Gasteiger partial charge in [-0.25, -0.2) is 0 Å². The molecule has 1 heterocycles. The molecule has 1 aliphatic heterocycles. The van der Waals surface area contributed by atoms with Crippen molar-refractivity contribution in [3.8, 4) is 0 Å². The van der Waals surface area contributed by atoms with E-state index in [1.165, 1.54) is 14.0 Å². The molecule has 11 atom stereocenters. The van der Waals surface area contributed by atoms with Gasteiger partial charge in [-0.05, 0) is 75.2 Å². The van der Waals surface area contributed by atoms with Gasteiger partial charge in [-0.1, -0.05) is 111 Å². The van der Waals surface area contributed by atoms with Crippen molar-refractivity contribution >= 4 is 77.0 Å². The highest BCUT2D eigenvalue weighted by atomic mass is 16.4. The smallest absolute Gasteiger partial charge is 0.305 e. The lowest BCUT2D eigenvalue weighted by atomic mass is 9.97. The van der Waals surface area contributed by atoms with Crippen molar-refractivity contribution in [1.82, 2.24) is 47.0 Å². The van der Waals surface area contributed by atoms with E-state index in [0.29, 0.717) is 18.4 Å². The van der Waals surface area contributed by atoms with E-state index in [4.69, 9.17) is 28.7 Å². The predicted molar refractivity (Wildman–Crippen MR) is 335 cm³/mol. The maximum absolute atomic E-state index is 14.9. The van der Waals surface area contributed by atoms with E-state index >= 15 is 0 Å². The Morgan fingerprint density at radius 2 is 1.12 bits per heavy atom. The number of nitrogens with two attached hydrogens (primary N) is 5. The van der Waals surface area contributed by atoms with Gasteiger partial charge < -0.3 is 85.9 Å². The zero-order valence-electron chi connectivity index (χ0n) is 53.4. The second-order valence-corrected chi connectivity index (χ2v) is 23.8. The van der Waals surface area contributed by atoms with E-state index in [1.54, 1.807) is 71.9 Å². The van der Waals surface area contributed by atoms with Gasteiger partial charge in [0.1, 0.15) is 54.4 Å². The molecule has 89 heavy (non-hydrogen) atoms. The Balaban J connectivity index is 2.52. The van der Waals surface area contributed by atoms with E-state index in [2.05, 4.69) is 54.1 Å². The first-order chi connectivity index (χ1) is 41.9. The molecule has 1 aromatic carbocycles. The van der Waals surface area contributed by atoms with Gasteiger partial charge >= 0.3 is 5.97 Å². The molecule has 2 rings (SSSR count). The molecule has 29 nitrogen and oxygen atoms in total. The van der Waals surface area contributed by atoms with Crippen molar-refractivity contribution in [1.29, 1.82) is 0 Å². The van der Waals surface area contributed by atoms with Gasteiger partial charge in [-0.2, -0.15) is 0 Å². The van der Waals surface area contributed by atoms with Crippen LogP contribution >= 0.6 is 0 Å². The number of carboxylic acid groups (broad SMARTS) is 1. The number of β-amino-alcohol motifs (C(OH)–C–C–N with tert-alkyl or cyclic N) is 1. The van der Waals surface area contributed by atoms with Gasteiger partial charge in [-0.15, -0.1) is 0 Å². The highest BCUT2D eigenvalue weighted by Crippen LogP contribution is 2.25. The topological polar surface area (TPSA) is 474 Å². The number of hydrogen-bond donors (Lipinski definition) is 14. The SMILES string of the molecule is CCCCCCCC(=O)N[C@H](C)C(=O)N[C@@H](Cc1ccccc1)C(=O)N[C@H](CCCN=C(N)N)C(=O)N[C@@H](CC(C)C)C(=O)N1C[C@H](O)C[C@H]1C(=O)N(C)[C@@H](CC(C)C)C(=O)N[C@@H](CC(=O)O)C(=O)N[C@@H](CCCN=C(N)N)C(=O)N[C@H](C(N)=O)[C@@H](C)CC. The Morgan fingerprint density at radius 1 is 0.618 bits per heavy atom. The van der Waals surface area contributed by atoms with Crippen LogP contribution in [0, 0.1) is 17.8 Å². The Labute approximate surface area is 522 Å². The van der Waals surface area contributed by atoms with Crippen LogP contribution in [0.5, 0.6) is 0 Å². The fraction of sp³-hybridized carbons (Fsp3) is 0.683. The molecule has 500 valence electrons. The Morgan fingerprint density at radius 3 is 1.64 bits per heavy atom. The summed E-state index contributed by atoms with van der Waals surface area (Å²) in [5.41, 5.74) is 28.4. The Kier molecular flexibility index (Phi) is 34.4. The summed E-state index contributed by atoms with van der Waals surface area (Å²) in [6.45, 7) is 13.8. The zero-order valence-corrected chi connectivity index (χ0v) is 53.4.